The van der Waals surface area contributed by atoms with Gasteiger partial charge in [0.25, 0.3) is 0 Å². The zero-order valence-corrected chi connectivity index (χ0v) is 13.4. The van der Waals surface area contributed by atoms with Gasteiger partial charge in [-0.05, 0) is 55.3 Å². The lowest BCUT2D eigenvalue weighted by Gasteiger charge is -2.37. The minimum Gasteiger partial charge on any atom is -0.313 e. The molecule has 106 valence electrons. The predicted octanol–water partition coefficient (Wildman–Crippen LogP) is 5.33. The van der Waals surface area contributed by atoms with Crippen molar-refractivity contribution in [1.82, 2.24) is 5.32 Å². The summed E-state index contributed by atoms with van der Waals surface area (Å²) < 4.78 is 0. The summed E-state index contributed by atoms with van der Waals surface area (Å²) in [5, 5.41) is 4.94. The van der Waals surface area contributed by atoms with Gasteiger partial charge in [-0.1, -0.05) is 49.5 Å². The molecule has 0 aliphatic heterocycles. The van der Waals surface area contributed by atoms with E-state index in [1.165, 1.54) is 24.8 Å². The van der Waals surface area contributed by atoms with Crippen LogP contribution >= 0.6 is 23.2 Å². The highest BCUT2D eigenvalue weighted by Gasteiger charge is 2.31. The van der Waals surface area contributed by atoms with Crippen LogP contribution in [0.15, 0.2) is 18.2 Å². The molecule has 0 spiro atoms. The highest BCUT2D eigenvalue weighted by atomic mass is 35.5. The maximum atomic E-state index is 6.36. The fraction of sp³-hybridized carbons (Fsp3) is 0.625. The van der Waals surface area contributed by atoms with E-state index < -0.39 is 0 Å². The van der Waals surface area contributed by atoms with E-state index in [4.69, 9.17) is 23.2 Å². The smallest absolute Gasteiger partial charge is 0.0468 e. The van der Waals surface area contributed by atoms with Crippen molar-refractivity contribution in [2.75, 3.05) is 7.05 Å². The molecular formula is C16H23Cl2N. The molecule has 1 aliphatic rings. The lowest BCUT2D eigenvalue weighted by Crippen LogP contribution is -2.31. The van der Waals surface area contributed by atoms with Gasteiger partial charge < -0.3 is 5.32 Å². The van der Waals surface area contributed by atoms with Crippen molar-refractivity contribution < 1.29 is 0 Å². The zero-order valence-electron chi connectivity index (χ0n) is 11.9. The second kappa shape index (κ2) is 6.47. The molecule has 2 rings (SSSR count). The summed E-state index contributed by atoms with van der Waals surface area (Å²) in [5.41, 5.74) is 1.18. The number of halogens is 2. The monoisotopic (exact) mass is 299 g/mol. The second-order valence-electron chi connectivity index (χ2n) is 5.96. The van der Waals surface area contributed by atoms with Gasteiger partial charge in [-0.25, -0.2) is 0 Å². The molecular weight excluding hydrogens is 277 g/mol. The fourth-order valence-corrected chi connectivity index (χ4v) is 3.82. The van der Waals surface area contributed by atoms with Crippen molar-refractivity contribution in [3.63, 3.8) is 0 Å². The van der Waals surface area contributed by atoms with Crippen LogP contribution in [-0.2, 0) is 0 Å². The molecule has 4 unspecified atom stereocenters. The average Bonchev–Trinajstić information content (AvgIpc) is 2.37. The van der Waals surface area contributed by atoms with Crippen LogP contribution in [0.3, 0.4) is 0 Å². The number of hydrogen-bond donors (Lipinski definition) is 1. The Morgan fingerprint density at radius 2 is 1.89 bits per heavy atom. The minimum absolute atomic E-state index is 0.333. The molecule has 0 bridgehead atoms. The molecule has 19 heavy (non-hydrogen) atoms. The highest BCUT2D eigenvalue weighted by molar-refractivity contribution is 6.35. The fourth-order valence-electron chi connectivity index (χ4n) is 3.29. The van der Waals surface area contributed by atoms with E-state index in [9.17, 15) is 0 Å². The first kappa shape index (κ1) is 15.2. The third kappa shape index (κ3) is 3.45. The molecule has 0 amide bonds. The van der Waals surface area contributed by atoms with Gasteiger partial charge in [0.15, 0.2) is 0 Å². The van der Waals surface area contributed by atoms with Crippen molar-refractivity contribution in [1.29, 1.82) is 0 Å². The molecule has 0 radical (unpaired) electrons. The molecule has 0 heterocycles. The Kier molecular flexibility index (Phi) is 5.16. The Morgan fingerprint density at radius 1 is 1.16 bits per heavy atom. The van der Waals surface area contributed by atoms with Crippen LogP contribution in [0.5, 0.6) is 0 Å². The number of hydrogen-bond acceptors (Lipinski definition) is 1. The van der Waals surface area contributed by atoms with Crippen LogP contribution in [0.2, 0.25) is 10.0 Å². The maximum Gasteiger partial charge on any atom is 0.0468 e. The van der Waals surface area contributed by atoms with E-state index in [1.54, 1.807) is 0 Å². The Labute approximate surface area is 126 Å². The van der Waals surface area contributed by atoms with Gasteiger partial charge in [-0.15, -0.1) is 0 Å². The van der Waals surface area contributed by atoms with Crippen molar-refractivity contribution in [2.24, 2.45) is 17.8 Å². The van der Waals surface area contributed by atoms with Crippen molar-refractivity contribution in [3.05, 3.63) is 33.8 Å². The molecule has 1 aliphatic carbocycles. The largest absolute Gasteiger partial charge is 0.313 e. The maximum absolute atomic E-state index is 6.36. The highest BCUT2D eigenvalue weighted by Crippen LogP contribution is 2.41. The summed E-state index contributed by atoms with van der Waals surface area (Å²) in [7, 11) is 2.03. The molecule has 1 nitrogen and oxygen atoms in total. The summed E-state index contributed by atoms with van der Waals surface area (Å²) in [4.78, 5) is 0. The van der Waals surface area contributed by atoms with Crippen LogP contribution in [0.1, 0.15) is 44.7 Å². The van der Waals surface area contributed by atoms with Gasteiger partial charge >= 0.3 is 0 Å². The van der Waals surface area contributed by atoms with E-state index in [2.05, 4.69) is 25.2 Å². The molecule has 1 fully saturated rings. The number of rotatable bonds is 3. The SMILES string of the molecule is CNC(c1ccc(Cl)cc1Cl)C1CCC(C)C(C)C1. The molecule has 1 aromatic carbocycles. The zero-order chi connectivity index (χ0) is 14.0. The first-order valence-electron chi connectivity index (χ1n) is 7.15. The van der Waals surface area contributed by atoms with Crippen molar-refractivity contribution in [3.8, 4) is 0 Å². The van der Waals surface area contributed by atoms with Crippen LogP contribution in [0, 0.1) is 17.8 Å². The quantitative estimate of drug-likeness (QED) is 0.796. The minimum atomic E-state index is 0.333. The normalized spacial score (nSPS) is 29.2. The first-order chi connectivity index (χ1) is 9.02. The van der Waals surface area contributed by atoms with E-state index in [1.807, 2.05) is 19.2 Å². The molecule has 4 atom stereocenters. The lowest BCUT2D eigenvalue weighted by molar-refractivity contribution is 0.175. The summed E-state index contributed by atoms with van der Waals surface area (Å²) in [6, 6.07) is 6.17. The van der Waals surface area contributed by atoms with Crippen LogP contribution < -0.4 is 5.32 Å². The van der Waals surface area contributed by atoms with Crippen LogP contribution in [0.25, 0.3) is 0 Å². The summed E-state index contributed by atoms with van der Waals surface area (Å²) in [6.07, 6.45) is 3.86. The first-order valence-corrected chi connectivity index (χ1v) is 7.90. The molecule has 1 saturated carbocycles. The molecule has 0 aromatic heterocycles. The van der Waals surface area contributed by atoms with Gasteiger partial charge in [-0.2, -0.15) is 0 Å². The van der Waals surface area contributed by atoms with Gasteiger partial charge in [-0.3, -0.25) is 0 Å². The van der Waals surface area contributed by atoms with Gasteiger partial charge in [0.1, 0.15) is 0 Å². The molecule has 3 heteroatoms. The Hall–Kier alpha value is -0.240. The Morgan fingerprint density at radius 3 is 2.47 bits per heavy atom. The van der Waals surface area contributed by atoms with Crippen LogP contribution in [-0.4, -0.2) is 7.05 Å². The summed E-state index contributed by atoms with van der Waals surface area (Å²) in [6.45, 7) is 4.73. The standard InChI is InChI=1S/C16H23Cl2N/c1-10-4-5-12(8-11(10)2)16(19-3)14-7-6-13(17)9-15(14)18/h6-7,9-12,16,19H,4-5,8H2,1-3H3. The van der Waals surface area contributed by atoms with Crippen LogP contribution in [0.4, 0.5) is 0 Å². The van der Waals surface area contributed by atoms with E-state index >= 15 is 0 Å². The van der Waals surface area contributed by atoms with E-state index in [0.717, 1.165) is 16.9 Å². The molecule has 0 saturated heterocycles. The van der Waals surface area contributed by atoms with Crippen molar-refractivity contribution >= 4 is 23.2 Å². The number of nitrogens with one attached hydrogen (secondary N) is 1. The van der Waals surface area contributed by atoms with Crippen molar-refractivity contribution in [2.45, 2.75) is 39.2 Å². The third-order valence-electron chi connectivity index (χ3n) is 4.72. The predicted molar refractivity (Wildman–Crippen MR) is 83.9 cm³/mol. The van der Waals surface area contributed by atoms with Gasteiger partial charge in [0, 0.05) is 16.1 Å². The molecule has 1 aromatic rings. The topological polar surface area (TPSA) is 12.0 Å². The van der Waals surface area contributed by atoms with E-state index in [0.29, 0.717) is 17.0 Å². The second-order valence-corrected chi connectivity index (χ2v) is 6.80. The Balaban J connectivity index is 2.20. The number of benzene rings is 1. The average molecular weight is 300 g/mol. The summed E-state index contributed by atoms with van der Waals surface area (Å²) in [5.74, 6) is 2.30. The third-order valence-corrected chi connectivity index (χ3v) is 5.28. The van der Waals surface area contributed by atoms with E-state index in [-0.39, 0.29) is 0 Å². The lowest BCUT2D eigenvalue weighted by atomic mass is 9.72. The summed E-state index contributed by atoms with van der Waals surface area (Å²) >= 11 is 12.4. The molecule has 1 N–H and O–H groups in total. The van der Waals surface area contributed by atoms with Gasteiger partial charge in [0.2, 0.25) is 0 Å². The van der Waals surface area contributed by atoms with Gasteiger partial charge in [0.05, 0.1) is 0 Å². The Bertz CT molecular complexity index is 433.